The summed E-state index contributed by atoms with van der Waals surface area (Å²) in [5, 5.41) is 8.87. The number of amides is 1. The van der Waals surface area contributed by atoms with Gasteiger partial charge in [-0.1, -0.05) is 20.3 Å². The van der Waals surface area contributed by atoms with Gasteiger partial charge in [-0.05, 0) is 19.8 Å². The summed E-state index contributed by atoms with van der Waals surface area (Å²) in [6.45, 7) is 6.81. The fourth-order valence-electron chi connectivity index (χ4n) is 1.69. The highest BCUT2D eigenvalue weighted by atomic mass is 16.3. The normalized spacial score (nSPS) is 14.7. The Morgan fingerprint density at radius 2 is 1.93 bits per heavy atom. The van der Waals surface area contributed by atoms with Crippen LogP contribution in [0.3, 0.4) is 0 Å². The molecular weight excluding hydrogens is 192 g/mol. The summed E-state index contributed by atoms with van der Waals surface area (Å²) >= 11 is 0. The summed E-state index contributed by atoms with van der Waals surface area (Å²) < 4.78 is 0. The van der Waals surface area contributed by atoms with Crippen molar-refractivity contribution in [3.63, 3.8) is 0 Å². The average molecular weight is 216 g/mol. The third-order valence-corrected chi connectivity index (χ3v) is 2.41. The number of nitrogens with zero attached hydrogens (tertiary/aromatic N) is 1. The van der Waals surface area contributed by atoms with E-state index in [1.165, 1.54) is 0 Å². The van der Waals surface area contributed by atoms with Crippen LogP contribution in [0.2, 0.25) is 0 Å². The van der Waals surface area contributed by atoms with Gasteiger partial charge >= 0.3 is 0 Å². The predicted molar refractivity (Wildman–Crippen MR) is 61.5 cm³/mol. The lowest BCUT2D eigenvalue weighted by atomic mass is 9.95. The minimum atomic E-state index is -0.793. The van der Waals surface area contributed by atoms with E-state index in [1.807, 2.05) is 13.8 Å². The zero-order chi connectivity index (χ0) is 11.9. The van der Waals surface area contributed by atoms with Crippen molar-refractivity contribution in [2.24, 2.45) is 5.73 Å². The van der Waals surface area contributed by atoms with E-state index in [0.717, 1.165) is 12.8 Å². The second-order valence-electron chi connectivity index (χ2n) is 4.18. The summed E-state index contributed by atoms with van der Waals surface area (Å²) in [6, 6.07) is 0. The van der Waals surface area contributed by atoms with Crippen LogP contribution < -0.4 is 5.73 Å². The van der Waals surface area contributed by atoms with Crippen LogP contribution in [0.1, 0.15) is 40.0 Å². The summed E-state index contributed by atoms with van der Waals surface area (Å²) in [6.07, 6.45) is 2.45. The monoisotopic (exact) mass is 216 g/mol. The Morgan fingerprint density at radius 1 is 1.33 bits per heavy atom. The molecule has 15 heavy (non-hydrogen) atoms. The van der Waals surface area contributed by atoms with E-state index in [-0.39, 0.29) is 12.5 Å². The first-order chi connectivity index (χ1) is 6.99. The molecule has 4 heteroatoms. The zero-order valence-corrected chi connectivity index (χ0v) is 10.1. The second kappa shape index (κ2) is 6.80. The highest BCUT2D eigenvalue weighted by molar-refractivity contribution is 5.85. The van der Waals surface area contributed by atoms with Gasteiger partial charge in [0.05, 0.1) is 12.1 Å². The van der Waals surface area contributed by atoms with Gasteiger partial charge in [0.15, 0.2) is 0 Å². The molecule has 0 saturated heterocycles. The van der Waals surface area contributed by atoms with Crippen LogP contribution in [-0.2, 0) is 4.79 Å². The van der Waals surface area contributed by atoms with Crippen LogP contribution in [0.25, 0.3) is 0 Å². The van der Waals surface area contributed by atoms with Crippen LogP contribution in [-0.4, -0.2) is 41.1 Å². The van der Waals surface area contributed by atoms with Gasteiger partial charge in [-0.3, -0.25) is 4.79 Å². The van der Waals surface area contributed by atoms with Gasteiger partial charge in [0, 0.05) is 13.1 Å². The minimum Gasteiger partial charge on any atom is -0.395 e. The molecule has 4 nitrogen and oxygen atoms in total. The predicted octanol–water partition coefficient (Wildman–Crippen LogP) is 0.735. The molecule has 1 unspecified atom stereocenters. The first kappa shape index (κ1) is 14.4. The first-order valence-electron chi connectivity index (χ1n) is 5.68. The van der Waals surface area contributed by atoms with E-state index >= 15 is 0 Å². The van der Waals surface area contributed by atoms with Gasteiger partial charge in [0.2, 0.25) is 5.91 Å². The second-order valence-corrected chi connectivity index (χ2v) is 4.18. The molecule has 0 aromatic carbocycles. The quantitative estimate of drug-likeness (QED) is 0.659. The molecular formula is C11H24N2O2. The summed E-state index contributed by atoms with van der Waals surface area (Å²) in [5.74, 6) is -0.0553. The molecule has 0 aromatic heterocycles. The molecule has 0 heterocycles. The van der Waals surface area contributed by atoms with Crippen LogP contribution in [0.4, 0.5) is 0 Å². The molecule has 3 N–H and O–H groups in total. The van der Waals surface area contributed by atoms with E-state index in [0.29, 0.717) is 19.5 Å². The van der Waals surface area contributed by atoms with E-state index in [2.05, 4.69) is 0 Å². The molecule has 90 valence electrons. The zero-order valence-electron chi connectivity index (χ0n) is 10.1. The van der Waals surface area contributed by atoms with Crippen LogP contribution in [0.5, 0.6) is 0 Å². The van der Waals surface area contributed by atoms with Crippen molar-refractivity contribution in [2.75, 3.05) is 19.7 Å². The lowest BCUT2D eigenvalue weighted by Crippen LogP contribution is -2.54. The molecule has 0 saturated carbocycles. The molecule has 1 amide bonds. The molecule has 0 aromatic rings. The average Bonchev–Trinajstić information content (AvgIpc) is 2.16. The van der Waals surface area contributed by atoms with Crippen molar-refractivity contribution in [1.29, 1.82) is 0 Å². The van der Waals surface area contributed by atoms with Crippen molar-refractivity contribution >= 4 is 5.91 Å². The number of aliphatic hydroxyl groups excluding tert-OH is 1. The fourth-order valence-corrected chi connectivity index (χ4v) is 1.69. The lowest BCUT2D eigenvalue weighted by molar-refractivity contribution is -0.137. The van der Waals surface area contributed by atoms with E-state index in [4.69, 9.17) is 10.8 Å². The fraction of sp³-hybridized carbons (Fsp3) is 0.909. The standard InChI is InChI=1S/C11H24N2O2/c1-4-6-11(3,12)10(15)13(7-5-2)8-9-14/h14H,4-9,12H2,1-3H3. The van der Waals surface area contributed by atoms with Crippen molar-refractivity contribution in [3.8, 4) is 0 Å². The van der Waals surface area contributed by atoms with Gasteiger partial charge in [0.25, 0.3) is 0 Å². The highest BCUT2D eigenvalue weighted by Crippen LogP contribution is 2.12. The Bertz CT molecular complexity index is 187. The molecule has 0 bridgehead atoms. The Hall–Kier alpha value is -0.610. The molecule has 0 radical (unpaired) electrons. The maximum Gasteiger partial charge on any atom is 0.242 e. The molecule has 0 aliphatic rings. The Labute approximate surface area is 92.4 Å². The Balaban J connectivity index is 4.46. The third-order valence-electron chi connectivity index (χ3n) is 2.41. The highest BCUT2D eigenvalue weighted by Gasteiger charge is 2.30. The summed E-state index contributed by atoms with van der Waals surface area (Å²) in [4.78, 5) is 13.7. The van der Waals surface area contributed by atoms with Gasteiger partial charge in [-0.25, -0.2) is 0 Å². The van der Waals surface area contributed by atoms with E-state index < -0.39 is 5.54 Å². The smallest absolute Gasteiger partial charge is 0.242 e. The summed E-state index contributed by atoms with van der Waals surface area (Å²) in [5.41, 5.74) is 5.17. The number of aliphatic hydroxyl groups is 1. The van der Waals surface area contributed by atoms with E-state index in [9.17, 15) is 4.79 Å². The maximum absolute atomic E-state index is 12.0. The molecule has 0 aliphatic carbocycles. The van der Waals surface area contributed by atoms with Gasteiger partial charge in [-0.15, -0.1) is 0 Å². The Kier molecular flexibility index (Phi) is 6.52. The number of hydrogen-bond acceptors (Lipinski definition) is 3. The first-order valence-corrected chi connectivity index (χ1v) is 5.68. The number of carbonyl (C=O) groups excluding carboxylic acids is 1. The summed E-state index contributed by atoms with van der Waals surface area (Å²) in [7, 11) is 0. The Morgan fingerprint density at radius 3 is 2.33 bits per heavy atom. The number of rotatable bonds is 7. The third kappa shape index (κ3) is 4.62. The molecule has 0 spiro atoms. The maximum atomic E-state index is 12.0. The number of carbonyl (C=O) groups is 1. The van der Waals surface area contributed by atoms with E-state index in [1.54, 1.807) is 11.8 Å². The molecule has 1 atom stereocenters. The van der Waals surface area contributed by atoms with Gasteiger partial charge in [0.1, 0.15) is 0 Å². The van der Waals surface area contributed by atoms with Crippen molar-refractivity contribution < 1.29 is 9.90 Å². The topological polar surface area (TPSA) is 66.6 Å². The van der Waals surface area contributed by atoms with Gasteiger partial charge < -0.3 is 15.7 Å². The van der Waals surface area contributed by atoms with Crippen molar-refractivity contribution in [3.05, 3.63) is 0 Å². The number of hydrogen-bond donors (Lipinski definition) is 2. The largest absolute Gasteiger partial charge is 0.395 e. The van der Waals surface area contributed by atoms with Crippen LogP contribution >= 0.6 is 0 Å². The molecule has 0 aliphatic heterocycles. The van der Waals surface area contributed by atoms with Crippen LogP contribution in [0.15, 0.2) is 0 Å². The molecule has 0 rings (SSSR count). The SMILES string of the molecule is CCCN(CCO)C(=O)C(C)(N)CCC. The minimum absolute atomic E-state index is 0.00601. The van der Waals surface area contributed by atoms with Gasteiger partial charge in [-0.2, -0.15) is 0 Å². The lowest BCUT2D eigenvalue weighted by Gasteiger charge is -2.31. The van der Waals surface area contributed by atoms with Crippen molar-refractivity contribution in [1.82, 2.24) is 4.90 Å². The van der Waals surface area contributed by atoms with Crippen molar-refractivity contribution in [2.45, 2.75) is 45.6 Å². The number of nitrogens with two attached hydrogens (primary N) is 1. The van der Waals surface area contributed by atoms with Crippen LogP contribution in [0, 0.1) is 0 Å². The molecule has 0 fully saturated rings.